The Balaban J connectivity index is 1.51. The van der Waals surface area contributed by atoms with Crippen molar-refractivity contribution in [2.45, 2.75) is 18.8 Å². The van der Waals surface area contributed by atoms with Crippen LogP contribution in [0.15, 0.2) is 48.5 Å². The molecule has 2 aliphatic rings. The van der Waals surface area contributed by atoms with E-state index in [1.165, 1.54) is 5.56 Å². The molecule has 3 atom stereocenters. The van der Waals surface area contributed by atoms with Crippen LogP contribution in [-0.4, -0.2) is 36.5 Å². The Kier molecular flexibility index (Phi) is 4.72. The zero-order valence-electron chi connectivity index (χ0n) is 15.1. The van der Waals surface area contributed by atoms with Gasteiger partial charge < -0.3 is 0 Å². The zero-order valence-corrected chi connectivity index (χ0v) is 15.1. The van der Waals surface area contributed by atoms with E-state index in [0.29, 0.717) is 17.9 Å². The molecule has 0 N–H and O–H groups in total. The van der Waals surface area contributed by atoms with E-state index < -0.39 is 17.6 Å². The van der Waals surface area contributed by atoms with Gasteiger partial charge in [0, 0.05) is 37.8 Å². The number of alkyl halides is 3. The summed E-state index contributed by atoms with van der Waals surface area (Å²) < 4.78 is 52.9. The summed E-state index contributed by atoms with van der Waals surface area (Å²) in [6.07, 6.45) is -4.45. The van der Waals surface area contributed by atoms with Crippen molar-refractivity contribution >= 4 is 0 Å². The standard InChI is InChI=1S/C21H22F4N2/c1-26-10-16-12-27(13-18(16)20(26)14-5-3-2-4-6-14)11-15-9-17(21(23,24)25)7-8-19(15)22/h2-9,16,18,20H,10-13H2,1H3/t16-,18+,20-/m0/s1. The van der Waals surface area contributed by atoms with Gasteiger partial charge in [-0.2, -0.15) is 13.2 Å². The molecule has 0 saturated carbocycles. The van der Waals surface area contributed by atoms with E-state index >= 15 is 0 Å². The maximum atomic E-state index is 14.1. The number of nitrogens with zero attached hydrogens (tertiary/aromatic N) is 2. The van der Waals surface area contributed by atoms with Gasteiger partial charge in [0.05, 0.1) is 5.56 Å². The number of hydrogen-bond acceptors (Lipinski definition) is 2. The topological polar surface area (TPSA) is 6.48 Å². The fraction of sp³-hybridized carbons (Fsp3) is 0.429. The quantitative estimate of drug-likeness (QED) is 0.722. The van der Waals surface area contributed by atoms with E-state index in [9.17, 15) is 17.6 Å². The highest BCUT2D eigenvalue weighted by Gasteiger charge is 2.46. The van der Waals surface area contributed by atoms with Crippen LogP contribution in [0.2, 0.25) is 0 Å². The van der Waals surface area contributed by atoms with Crippen LogP contribution < -0.4 is 0 Å². The second-order valence-electron chi connectivity index (χ2n) is 7.72. The molecule has 2 aliphatic heterocycles. The van der Waals surface area contributed by atoms with Crippen LogP contribution in [-0.2, 0) is 12.7 Å². The van der Waals surface area contributed by atoms with Crippen LogP contribution in [0.1, 0.15) is 22.7 Å². The summed E-state index contributed by atoms with van der Waals surface area (Å²) in [6, 6.07) is 13.3. The fourth-order valence-corrected chi connectivity index (χ4v) is 4.74. The zero-order chi connectivity index (χ0) is 19.2. The lowest BCUT2D eigenvalue weighted by Gasteiger charge is -2.27. The molecular weight excluding hydrogens is 356 g/mol. The molecule has 2 fully saturated rings. The summed E-state index contributed by atoms with van der Waals surface area (Å²) in [7, 11) is 2.12. The number of hydrogen-bond donors (Lipinski definition) is 0. The van der Waals surface area contributed by atoms with Gasteiger partial charge in [0.1, 0.15) is 5.82 Å². The summed E-state index contributed by atoms with van der Waals surface area (Å²) in [5.74, 6) is 0.289. The van der Waals surface area contributed by atoms with Crippen molar-refractivity contribution in [3.8, 4) is 0 Å². The molecule has 0 spiro atoms. The molecule has 27 heavy (non-hydrogen) atoms. The number of benzene rings is 2. The molecule has 4 rings (SSSR count). The molecule has 2 aromatic carbocycles. The van der Waals surface area contributed by atoms with Crippen molar-refractivity contribution in [1.82, 2.24) is 9.80 Å². The molecule has 2 aromatic rings. The van der Waals surface area contributed by atoms with Crippen LogP contribution in [0.3, 0.4) is 0 Å². The first-order valence-corrected chi connectivity index (χ1v) is 9.16. The van der Waals surface area contributed by atoms with Gasteiger partial charge >= 0.3 is 6.18 Å². The van der Waals surface area contributed by atoms with Gasteiger partial charge in [-0.3, -0.25) is 9.80 Å². The molecule has 0 radical (unpaired) electrons. The first-order valence-electron chi connectivity index (χ1n) is 9.16. The lowest BCUT2D eigenvalue weighted by atomic mass is 9.90. The third-order valence-electron chi connectivity index (χ3n) is 5.88. The average Bonchev–Trinajstić information content (AvgIpc) is 3.12. The Bertz CT molecular complexity index is 806. The largest absolute Gasteiger partial charge is 0.416 e. The van der Waals surface area contributed by atoms with Crippen LogP contribution in [0.4, 0.5) is 17.6 Å². The van der Waals surface area contributed by atoms with Crippen LogP contribution in [0.25, 0.3) is 0 Å². The molecule has 2 saturated heterocycles. The minimum atomic E-state index is -4.45. The van der Waals surface area contributed by atoms with E-state index in [2.05, 4.69) is 29.0 Å². The number of fused-ring (bicyclic) bond motifs is 1. The third-order valence-corrected chi connectivity index (χ3v) is 5.88. The van der Waals surface area contributed by atoms with E-state index in [1.807, 2.05) is 18.2 Å². The van der Waals surface area contributed by atoms with Gasteiger partial charge in [0.2, 0.25) is 0 Å². The normalized spacial score (nSPS) is 26.5. The first-order chi connectivity index (χ1) is 12.8. The Morgan fingerprint density at radius 1 is 1.00 bits per heavy atom. The second kappa shape index (κ2) is 6.91. The van der Waals surface area contributed by atoms with Gasteiger partial charge in [0.25, 0.3) is 0 Å². The monoisotopic (exact) mass is 378 g/mol. The van der Waals surface area contributed by atoms with E-state index in [-0.39, 0.29) is 12.1 Å². The molecule has 144 valence electrons. The maximum Gasteiger partial charge on any atom is 0.416 e. The molecule has 2 nitrogen and oxygen atoms in total. The van der Waals surface area contributed by atoms with Gasteiger partial charge in [0.15, 0.2) is 0 Å². The van der Waals surface area contributed by atoms with E-state index in [0.717, 1.165) is 37.8 Å². The molecule has 2 heterocycles. The van der Waals surface area contributed by atoms with Crippen molar-refractivity contribution < 1.29 is 17.6 Å². The van der Waals surface area contributed by atoms with Crippen molar-refractivity contribution in [1.29, 1.82) is 0 Å². The summed E-state index contributed by atoms with van der Waals surface area (Å²) in [6.45, 7) is 2.72. The highest BCUT2D eigenvalue weighted by Crippen LogP contribution is 2.44. The molecule has 0 aromatic heterocycles. The van der Waals surface area contributed by atoms with Gasteiger partial charge in [-0.15, -0.1) is 0 Å². The summed E-state index contributed by atoms with van der Waals surface area (Å²) in [5, 5.41) is 0. The average molecular weight is 378 g/mol. The predicted molar refractivity (Wildman–Crippen MR) is 95.5 cm³/mol. The third kappa shape index (κ3) is 3.60. The molecule has 0 bridgehead atoms. The van der Waals surface area contributed by atoms with Crippen molar-refractivity contribution in [2.75, 3.05) is 26.7 Å². The molecule has 6 heteroatoms. The Hall–Kier alpha value is -1.92. The van der Waals surface area contributed by atoms with Crippen molar-refractivity contribution in [3.63, 3.8) is 0 Å². The van der Waals surface area contributed by atoms with Crippen LogP contribution in [0.5, 0.6) is 0 Å². The lowest BCUT2D eigenvalue weighted by molar-refractivity contribution is -0.137. The summed E-state index contributed by atoms with van der Waals surface area (Å²) in [4.78, 5) is 4.45. The van der Waals surface area contributed by atoms with E-state index in [4.69, 9.17) is 0 Å². The highest BCUT2D eigenvalue weighted by atomic mass is 19.4. The predicted octanol–water partition coefficient (Wildman–Crippen LogP) is 4.58. The van der Waals surface area contributed by atoms with Gasteiger partial charge in [-0.25, -0.2) is 4.39 Å². The summed E-state index contributed by atoms with van der Waals surface area (Å²) >= 11 is 0. The minimum Gasteiger partial charge on any atom is -0.299 e. The molecule has 0 aliphatic carbocycles. The lowest BCUT2D eigenvalue weighted by Crippen LogP contribution is -2.29. The second-order valence-corrected chi connectivity index (χ2v) is 7.72. The van der Waals surface area contributed by atoms with Gasteiger partial charge in [-0.1, -0.05) is 30.3 Å². The van der Waals surface area contributed by atoms with E-state index in [1.54, 1.807) is 0 Å². The molecule has 0 unspecified atom stereocenters. The molecule has 0 amide bonds. The maximum absolute atomic E-state index is 14.1. The van der Waals surface area contributed by atoms with Crippen molar-refractivity contribution in [3.05, 3.63) is 71.0 Å². The fourth-order valence-electron chi connectivity index (χ4n) is 4.74. The smallest absolute Gasteiger partial charge is 0.299 e. The van der Waals surface area contributed by atoms with Crippen LogP contribution >= 0.6 is 0 Å². The minimum absolute atomic E-state index is 0.120. The van der Waals surface area contributed by atoms with Gasteiger partial charge in [-0.05, 0) is 42.6 Å². The Morgan fingerprint density at radius 2 is 1.74 bits per heavy atom. The number of likely N-dealkylation sites (tertiary alicyclic amines) is 2. The summed E-state index contributed by atoms with van der Waals surface area (Å²) in [5.41, 5.74) is 0.592. The highest BCUT2D eigenvalue weighted by molar-refractivity contribution is 5.28. The first kappa shape index (κ1) is 18.4. The Labute approximate surface area is 156 Å². The SMILES string of the molecule is CN1C[C@H]2CN(Cc3cc(C(F)(F)F)ccc3F)C[C@H]2[C@@H]1c1ccccc1. The van der Waals surface area contributed by atoms with Crippen molar-refractivity contribution in [2.24, 2.45) is 11.8 Å². The molecular formula is C21H22F4N2. The van der Waals surface area contributed by atoms with Crippen LogP contribution in [0, 0.1) is 17.7 Å². The number of halogens is 4. The number of rotatable bonds is 3. The Morgan fingerprint density at radius 3 is 2.44 bits per heavy atom.